The van der Waals surface area contributed by atoms with Crippen molar-refractivity contribution in [1.29, 1.82) is 0 Å². The Labute approximate surface area is 171 Å². The first-order valence-electron chi connectivity index (χ1n) is 9.55. The van der Waals surface area contributed by atoms with Gasteiger partial charge in [-0.1, -0.05) is 35.5 Å². The first-order valence-corrected chi connectivity index (χ1v) is 9.55. The normalized spacial score (nSPS) is 18.6. The van der Waals surface area contributed by atoms with Crippen LogP contribution in [-0.4, -0.2) is 35.6 Å². The summed E-state index contributed by atoms with van der Waals surface area (Å²) in [5.41, 5.74) is 0.665. The second-order valence-corrected chi connectivity index (χ2v) is 7.36. The summed E-state index contributed by atoms with van der Waals surface area (Å²) in [6, 6.07) is 13.9. The van der Waals surface area contributed by atoms with E-state index in [1.165, 1.54) is 12.1 Å². The van der Waals surface area contributed by atoms with Crippen LogP contribution in [0, 0.1) is 0 Å². The van der Waals surface area contributed by atoms with Crippen LogP contribution in [-0.2, 0) is 15.9 Å². The predicted molar refractivity (Wildman–Crippen MR) is 104 cm³/mol. The molecule has 0 radical (unpaired) electrons. The van der Waals surface area contributed by atoms with Crippen molar-refractivity contribution in [3.63, 3.8) is 0 Å². The number of hydroxylamine groups is 2. The van der Waals surface area contributed by atoms with Crippen molar-refractivity contribution in [3.05, 3.63) is 65.7 Å². The van der Waals surface area contributed by atoms with E-state index in [1.54, 1.807) is 17.2 Å². The van der Waals surface area contributed by atoms with Gasteiger partial charge in [-0.2, -0.15) is 13.2 Å². The van der Waals surface area contributed by atoms with Crippen molar-refractivity contribution in [1.82, 2.24) is 5.06 Å². The van der Waals surface area contributed by atoms with Crippen LogP contribution >= 0.6 is 0 Å². The fourth-order valence-corrected chi connectivity index (χ4v) is 3.56. The van der Waals surface area contributed by atoms with Gasteiger partial charge in [-0.3, -0.25) is 5.32 Å². The molecule has 1 amide bonds. The van der Waals surface area contributed by atoms with Crippen LogP contribution in [0.25, 0.3) is 0 Å². The van der Waals surface area contributed by atoms with E-state index >= 15 is 0 Å². The number of para-hydroxylation sites is 1. The Morgan fingerprint density at radius 1 is 1.07 bits per heavy atom. The Morgan fingerprint density at radius 3 is 2.37 bits per heavy atom. The van der Waals surface area contributed by atoms with Crippen molar-refractivity contribution in [2.24, 2.45) is 5.16 Å². The molecule has 2 heterocycles. The van der Waals surface area contributed by atoms with Gasteiger partial charge in [0.05, 0.1) is 11.3 Å². The van der Waals surface area contributed by atoms with E-state index in [1.807, 2.05) is 18.2 Å². The fraction of sp³-hybridized carbons (Fsp3) is 0.333. The minimum atomic E-state index is -4.37. The molecule has 1 saturated heterocycles. The van der Waals surface area contributed by atoms with E-state index in [0.717, 1.165) is 12.1 Å². The molecule has 1 fully saturated rings. The standard InChI is InChI=1S/C21H20F3N3O3/c22-21(23,24)16-8-6-15(7-9-16)18-14-20(30-26-18)10-12-27(13-11-20)29-19(28)25-17-4-2-1-3-5-17/h1-9H,10-14H2,(H,25,28). The van der Waals surface area contributed by atoms with Gasteiger partial charge in [0.1, 0.15) is 5.60 Å². The summed E-state index contributed by atoms with van der Waals surface area (Å²) in [7, 11) is 0. The third-order valence-electron chi connectivity index (χ3n) is 5.25. The number of alkyl halides is 3. The van der Waals surface area contributed by atoms with Crippen molar-refractivity contribution in [2.45, 2.75) is 31.0 Å². The van der Waals surface area contributed by atoms with E-state index in [4.69, 9.17) is 9.68 Å². The largest absolute Gasteiger partial charge is 0.430 e. The number of hydrogen-bond donors (Lipinski definition) is 1. The summed E-state index contributed by atoms with van der Waals surface area (Å²) in [6.07, 6.45) is -3.26. The minimum Gasteiger partial charge on any atom is -0.388 e. The number of anilines is 1. The van der Waals surface area contributed by atoms with Gasteiger partial charge in [0.2, 0.25) is 0 Å². The Bertz CT molecular complexity index is 922. The third kappa shape index (κ3) is 4.56. The summed E-state index contributed by atoms with van der Waals surface area (Å²) < 4.78 is 38.2. The molecule has 0 bridgehead atoms. The lowest BCUT2D eigenvalue weighted by molar-refractivity contribution is -0.154. The van der Waals surface area contributed by atoms with Crippen LogP contribution < -0.4 is 5.32 Å². The summed E-state index contributed by atoms with van der Waals surface area (Å²) in [4.78, 5) is 23.0. The maximum atomic E-state index is 12.7. The van der Waals surface area contributed by atoms with Crippen molar-refractivity contribution in [3.8, 4) is 0 Å². The van der Waals surface area contributed by atoms with Crippen molar-refractivity contribution < 1.29 is 27.6 Å². The molecule has 9 heteroatoms. The van der Waals surface area contributed by atoms with Crippen LogP contribution in [0.5, 0.6) is 0 Å². The van der Waals surface area contributed by atoms with Crippen LogP contribution in [0.3, 0.4) is 0 Å². The number of piperidine rings is 1. The average Bonchev–Trinajstić information content (AvgIpc) is 3.14. The molecule has 6 nitrogen and oxygen atoms in total. The van der Waals surface area contributed by atoms with Gasteiger partial charge in [-0.25, -0.2) is 4.79 Å². The number of amides is 1. The van der Waals surface area contributed by atoms with Crippen LogP contribution in [0.1, 0.15) is 30.4 Å². The quantitative estimate of drug-likeness (QED) is 0.774. The molecule has 1 N–H and O–H groups in total. The molecular formula is C21H20F3N3O3. The van der Waals surface area contributed by atoms with E-state index in [9.17, 15) is 18.0 Å². The second kappa shape index (κ2) is 7.98. The summed E-state index contributed by atoms with van der Waals surface area (Å²) in [6.45, 7) is 0.941. The Morgan fingerprint density at radius 2 is 1.73 bits per heavy atom. The molecule has 0 unspecified atom stereocenters. The van der Waals surface area contributed by atoms with Crippen LogP contribution in [0.2, 0.25) is 0 Å². The van der Waals surface area contributed by atoms with Gasteiger partial charge < -0.3 is 9.68 Å². The van der Waals surface area contributed by atoms with Crippen molar-refractivity contribution in [2.75, 3.05) is 18.4 Å². The first kappa shape index (κ1) is 20.2. The number of oxime groups is 1. The average molecular weight is 419 g/mol. The first-order chi connectivity index (χ1) is 14.3. The summed E-state index contributed by atoms with van der Waals surface area (Å²) in [5.74, 6) is 0. The van der Waals surface area contributed by atoms with E-state index in [-0.39, 0.29) is 0 Å². The van der Waals surface area contributed by atoms with E-state index < -0.39 is 23.4 Å². The Kier molecular flexibility index (Phi) is 5.38. The number of carbonyl (C=O) groups excluding carboxylic acids is 1. The predicted octanol–water partition coefficient (Wildman–Crippen LogP) is 4.83. The lowest BCUT2D eigenvalue weighted by atomic mass is 9.86. The van der Waals surface area contributed by atoms with E-state index in [0.29, 0.717) is 49.3 Å². The topological polar surface area (TPSA) is 63.2 Å². The van der Waals surface area contributed by atoms with Gasteiger partial charge in [0.25, 0.3) is 0 Å². The number of hydrogen-bond acceptors (Lipinski definition) is 5. The monoisotopic (exact) mass is 419 g/mol. The summed E-state index contributed by atoms with van der Waals surface area (Å²) in [5, 5.41) is 8.34. The van der Waals surface area contributed by atoms with Crippen LogP contribution in [0.15, 0.2) is 59.8 Å². The molecule has 2 aromatic rings. The molecule has 2 aromatic carbocycles. The highest BCUT2D eigenvalue weighted by Gasteiger charge is 2.43. The number of nitrogens with one attached hydrogen (secondary N) is 1. The lowest BCUT2D eigenvalue weighted by Gasteiger charge is -2.35. The van der Waals surface area contributed by atoms with Gasteiger partial charge in [-0.05, 0) is 29.8 Å². The number of nitrogens with zero attached hydrogens (tertiary/aromatic N) is 2. The van der Waals surface area contributed by atoms with Crippen LogP contribution in [0.4, 0.5) is 23.7 Å². The number of rotatable bonds is 3. The highest BCUT2D eigenvalue weighted by Crippen LogP contribution is 2.37. The molecule has 0 aliphatic carbocycles. The van der Waals surface area contributed by atoms with E-state index in [2.05, 4.69) is 10.5 Å². The molecule has 2 aliphatic rings. The number of halogens is 3. The SMILES string of the molecule is O=C(Nc1ccccc1)ON1CCC2(CC1)CC(c1ccc(C(F)(F)F)cc1)=NO2. The molecule has 4 rings (SSSR count). The van der Waals surface area contributed by atoms with Gasteiger partial charge in [0.15, 0.2) is 0 Å². The zero-order chi connectivity index (χ0) is 21.2. The smallest absolute Gasteiger partial charge is 0.388 e. The molecule has 30 heavy (non-hydrogen) atoms. The molecule has 0 atom stereocenters. The molecule has 158 valence electrons. The molecule has 1 spiro atoms. The highest BCUT2D eigenvalue weighted by molar-refractivity contribution is 6.01. The molecule has 0 saturated carbocycles. The maximum Gasteiger partial charge on any atom is 0.430 e. The minimum absolute atomic E-state index is 0.470. The lowest BCUT2D eigenvalue weighted by Crippen LogP contribution is -2.45. The third-order valence-corrected chi connectivity index (χ3v) is 5.25. The number of benzene rings is 2. The Balaban J connectivity index is 1.29. The van der Waals surface area contributed by atoms with Crippen molar-refractivity contribution >= 4 is 17.5 Å². The van der Waals surface area contributed by atoms with Gasteiger partial charge in [0, 0.05) is 38.0 Å². The molecular weight excluding hydrogens is 399 g/mol. The zero-order valence-corrected chi connectivity index (χ0v) is 16.0. The fourth-order valence-electron chi connectivity index (χ4n) is 3.56. The Hall–Kier alpha value is -3.07. The number of carbonyl (C=O) groups is 1. The molecule has 2 aliphatic heterocycles. The highest BCUT2D eigenvalue weighted by atomic mass is 19.4. The summed E-state index contributed by atoms with van der Waals surface area (Å²) >= 11 is 0. The second-order valence-electron chi connectivity index (χ2n) is 7.36. The van der Waals surface area contributed by atoms with Gasteiger partial charge in [-0.15, -0.1) is 5.06 Å². The maximum absolute atomic E-state index is 12.7. The molecule has 0 aromatic heterocycles. The zero-order valence-electron chi connectivity index (χ0n) is 16.0. The van der Waals surface area contributed by atoms with Gasteiger partial charge >= 0.3 is 12.3 Å².